The zero-order valence-electron chi connectivity index (χ0n) is 11.0. The van der Waals surface area contributed by atoms with Crippen LogP contribution in [0.1, 0.15) is 24.1 Å². The molecular weight excluding hydrogens is 304 g/mol. The second-order valence-electron chi connectivity index (χ2n) is 4.46. The minimum atomic E-state index is -4.41. The van der Waals surface area contributed by atoms with Crippen molar-refractivity contribution in [1.82, 2.24) is 4.98 Å². The van der Waals surface area contributed by atoms with Crippen LogP contribution in [-0.2, 0) is 6.18 Å². The van der Waals surface area contributed by atoms with Crippen molar-refractivity contribution in [3.05, 3.63) is 53.5 Å². The second kappa shape index (κ2) is 6.03. The number of hydrogen-bond acceptors (Lipinski definition) is 3. The molecule has 0 aliphatic rings. The zero-order valence-corrected chi connectivity index (χ0v) is 11.8. The van der Waals surface area contributed by atoms with Crippen LogP contribution in [0, 0.1) is 5.82 Å². The summed E-state index contributed by atoms with van der Waals surface area (Å²) in [5.74, 6) is -0.410. The van der Waals surface area contributed by atoms with Gasteiger partial charge in [0, 0.05) is 17.1 Å². The van der Waals surface area contributed by atoms with Gasteiger partial charge in [-0.25, -0.2) is 9.37 Å². The van der Waals surface area contributed by atoms with Gasteiger partial charge in [-0.15, -0.1) is 0 Å². The second-order valence-corrected chi connectivity index (χ2v) is 5.52. The van der Waals surface area contributed by atoms with Crippen LogP contribution in [0.3, 0.4) is 0 Å². The van der Waals surface area contributed by atoms with Crippen molar-refractivity contribution in [3.63, 3.8) is 0 Å². The molecule has 0 spiro atoms. The molecule has 0 amide bonds. The minimum Gasteiger partial charge on any atom is -0.324 e. The quantitative estimate of drug-likeness (QED) is 0.853. The summed E-state index contributed by atoms with van der Waals surface area (Å²) in [5.41, 5.74) is 5.55. The summed E-state index contributed by atoms with van der Waals surface area (Å²) >= 11 is 1.15. The van der Waals surface area contributed by atoms with Gasteiger partial charge in [0.25, 0.3) is 0 Å². The maximum absolute atomic E-state index is 13.2. The average molecular weight is 316 g/mol. The van der Waals surface area contributed by atoms with E-state index in [4.69, 9.17) is 5.73 Å². The SMILES string of the molecule is C[C@@H](N)c1cc(F)ccc1Sc1ccc(C(F)(F)F)cn1. The summed E-state index contributed by atoms with van der Waals surface area (Å²) in [7, 11) is 0. The molecule has 0 radical (unpaired) electrons. The number of hydrogen-bond donors (Lipinski definition) is 1. The highest BCUT2D eigenvalue weighted by molar-refractivity contribution is 7.99. The van der Waals surface area contributed by atoms with Crippen LogP contribution in [0.5, 0.6) is 0 Å². The van der Waals surface area contributed by atoms with E-state index in [2.05, 4.69) is 4.98 Å². The van der Waals surface area contributed by atoms with E-state index in [1.165, 1.54) is 24.3 Å². The molecule has 1 aromatic heterocycles. The summed E-state index contributed by atoms with van der Waals surface area (Å²) in [4.78, 5) is 4.44. The van der Waals surface area contributed by atoms with E-state index in [1.807, 2.05) is 0 Å². The molecule has 0 unspecified atom stereocenters. The Hall–Kier alpha value is -1.60. The number of benzene rings is 1. The Labute approximate surface area is 123 Å². The lowest BCUT2D eigenvalue weighted by Crippen LogP contribution is -2.07. The molecule has 0 aliphatic heterocycles. The smallest absolute Gasteiger partial charge is 0.324 e. The molecule has 0 saturated heterocycles. The molecule has 2 nitrogen and oxygen atoms in total. The lowest BCUT2D eigenvalue weighted by atomic mass is 10.1. The Morgan fingerprint density at radius 1 is 1.19 bits per heavy atom. The molecule has 0 fully saturated rings. The van der Waals surface area contributed by atoms with Crippen LogP contribution >= 0.6 is 11.8 Å². The van der Waals surface area contributed by atoms with Crippen LogP contribution in [-0.4, -0.2) is 4.98 Å². The van der Waals surface area contributed by atoms with E-state index in [9.17, 15) is 17.6 Å². The van der Waals surface area contributed by atoms with Gasteiger partial charge in [-0.2, -0.15) is 13.2 Å². The highest BCUT2D eigenvalue weighted by Gasteiger charge is 2.30. The first-order valence-electron chi connectivity index (χ1n) is 6.03. The molecular formula is C14H12F4N2S. The maximum Gasteiger partial charge on any atom is 0.417 e. The van der Waals surface area contributed by atoms with E-state index in [-0.39, 0.29) is 0 Å². The third-order valence-electron chi connectivity index (χ3n) is 2.74. The summed E-state index contributed by atoms with van der Waals surface area (Å²) < 4.78 is 50.6. The van der Waals surface area contributed by atoms with Crippen LogP contribution in [0.15, 0.2) is 46.5 Å². The number of aromatic nitrogens is 1. The molecule has 2 aromatic rings. The Bertz CT molecular complexity index is 624. The summed E-state index contributed by atoms with van der Waals surface area (Å²) in [6.45, 7) is 1.71. The number of halogens is 4. The van der Waals surface area contributed by atoms with Gasteiger partial charge in [-0.05, 0) is 42.8 Å². The van der Waals surface area contributed by atoms with E-state index < -0.39 is 23.6 Å². The fourth-order valence-corrected chi connectivity index (χ4v) is 2.65. The van der Waals surface area contributed by atoms with Crippen molar-refractivity contribution < 1.29 is 17.6 Å². The first-order valence-corrected chi connectivity index (χ1v) is 6.85. The van der Waals surface area contributed by atoms with E-state index in [0.29, 0.717) is 15.5 Å². The van der Waals surface area contributed by atoms with Gasteiger partial charge in [0.15, 0.2) is 0 Å². The molecule has 0 aliphatic carbocycles. The number of nitrogens with zero attached hydrogens (tertiary/aromatic N) is 1. The molecule has 2 rings (SSSR count). The third-order valence-corrected chi connectivity index (χ3v) is 3.78. The molecule has 112 valence electrons. The maximum atomic E-state index is 13.2. The zero-order chi connectivity index (χ0) is 15.6. The van der Waals surface area contributed by atoms with Crippen molar-refractivity contribution in [2.24, 2.45) is 5.73 Å². The van der Waals surface area contributed by atoms with Crippen molar-refractivity contribution in [3.8, 4) is 0 Å². The van der Waals surface area contributed by atoms with Crippen LogP contribution in [0.2, 0.25) is 0 Å². The Morgan fingerprint density at radius 3 is 2.43 bits per heavy atom. The normalized spacial score (nSPS) is 13.2. The summed E-state index contributed by atoms with van der Waals surface area (Å²) in [5, 5.41) is 0.386. The predicted molar refractivity (Wildman–Crippen MR) is 72.4 cm³/mol. The highest BCUT2D eigenvalue weighted by atomic mass is 32.2. The van der Waals surface area contributed by atoms with Crippen molar-refractivity contribution in [1.29, 1.82) is 0 Å². The first kappa shape index (κ1) is 15.8. The first-order chi connectivity index (χ1) is 9.77. The lowest BCUT2D eigenvalue weighted by molar-refractivity contribution is -0.137. The number of pyridine rings is 1. The minimum absolute atomic E-state index is 0.386. The number of nitrogens with two attached hydrogens (primary N) is 1. The molecule has 1 aromatic carbocycles. The van der Waals surface area contributed by atoms with Gasteiger partial charge >= 0.3 is 6.18 Å². The van der Waals surface area contributed by atoms with Crippen LogP contribution < -0.4 is 5.73 Å². The number of rotatable bonds is 3. The average Bonchev–Trinajstić information content (AvgIpc) is 2.40. The van der Waals surface area contributed by atoms with Gasteiger partial charge in [0.05, 0.1) is 5.56 Å². The van der Waals surface area contributed by atoms with Gasteiger partial charge in [-0.3, -0.25) is 0 Å². The standard InChI is InChI=1S/C14H12F4N2S/c1-8(19)11-6-10(15)3-4-12(11)21-13-5-2-9(7-20-13)14(16,17)18/h2-8H,19H2,1H3/t8-/m1/s1. The fraction of sp³-hybridized carbons (Fsp3) is 0.214. The van der Waals surface area contributed by atoms with Gasteiger partial charge < -0.3 is 5.73 Å². The van der Waals surface area contributed by atoms with E-state index >= 15 is 0 Å². The lowest BCUT2D eigenvalue weighted by Gasteiger charge is -2.12. The Kier molecular flexibility index (Phi) is 4.53. The molecule has 21 heavy (non-hydrogen) atoms. The third kappa shape index (κ3) is 3.95. The van der Waals surface area contributed by atoms with Crippen molar-refractivity contribution in [2.45, 2.75) is 29.1 Å². The van der Waals surface area contributed by atoms with Gasteiger partial charge in [-0.1, -0.05) is 11.8 Å². The molecule has 7 heteroatoms. The fourth-order valence-electron chi connectivity index (χ4n) is 1.69. The van der Waals surface area contributed by atoms with Crippen LogP contribution in [0.25, 0.3) is 0 Å². The summed E-state index contributed by atoms with van der Waals surface area (Å²) in [6.07, 6.45) is -3.64. The predicted octanol–water partition coefficient (Wildman–Crippen LogP) is 4.41. The molecule has 0 saturated carbocycles. The van der Waals surface area contributed by atoms with E-state index in [0.717, 1.165) is 24.0 Å². The number of alkyl halides is 3. The molecule has 0 bridgehead atoms. The van der Waals surface area contributed by atoms with Crippen molar-refractivity contribution >= 4 is 11.8 Å². The largest absolute Gasteiger partial charge is 0.417 e. The molecule has 1 atom stereocenters. The van der Waals surface area contributed by atoms with Crippen molar-refractivity contribution in [2.75, 3.05) is 0 Å². The Morgan fingerprint density at radius 2 is 1.90 bits per heavy atom. The highest BCUT2D eigenvalue weighted by Crippen LogP contribution is 2.34. The topological polar surface area (TPSA) is 38.9 Å². The Balaban J connectivity index is 2.26. The van der Waals surface area contributed by atoms with Gasteiger partial charge in [0.2, 0.25) is 0 Å². The monoisotopic (exact) mass is 316 g/mol. The van der Waals surface area contributed by atoms with E-state index in [1.54, 1.807) is 6.92 Å². The van der Waals surface area contributed by atoms with Crippen LogP contribution in [0.4, 0.5) is 17.6 Å². The summed E-state index contributed by atoms with van der Waals surface area (Å²) in [6, 6.07) is 5.98. The molecule has 1 heterocycles. The van der Waals surface area contributed by atoms with Gasteiger partial charge in [0.1, 0.15) is 10.8 Å². The molecule has 2 N–H and O–H groups in total.